The van der Waals surface area contributed by atoms with Crippen molar-refractivity contribution in [3.8, 4) is 6.07 Å². The number of nitrogens with one attached hydrogen (secondary N) is 1. The van der Waals surface area contributed by atoms with Crippen molar-refractivity contribution in [1.29, 1.82) is 5.26 Å². The highest BCUT2D eigenvalue weighted by Crippen LogP contribution is 2.24. The van der Waals surface area contributed by atoms with Crippen LogP contribution >= 0.6 is 11.8 Å². The Balaban J connectivity index is 2.00. The number of pyridine rings is 1. The van der Waals surface area contributed by atoms with Crippen molar-refractivity contribution in [2.75, 3.05) is 11.6 Å². The zero-order chi connectivity index (χ0) is 14.7. The molecule has 0 radical (unpaired) electrons. The second-order valence-corrected chi connectivity index (χ2v) is 5.42. The first-order valence-corrected chi connectivity index (χ1v) is 7.73. The summed E-state index contributed by atoms with van der Waals surface area (Å²) in [5.41, 5.74) is 2.34. The Kier molecular flexibility index (Phi) is 3.76. The minimum Gasteiger partial charge on any atom is -0.339 e. The number of nitriles is 1. The van der Waals surface area contributed by atoms with Crippen molar-refractivity contribution in [3.05, 3.63) is 60.2 Å². The molecule has 4 heteroatoms. The van der Waals surface area contributed by atoms with Crippen LogP contribution in [-0.2, 0) is 0 Å². The second kappa shape index (κ2) is 5.86. The van der Waals surface area contributed by atoms with E-state index < -0.39 is 0 Å². The van der Waals surface area contributed by atoms with Crippen LogP contribution in [0.3, 0.4) is 0 Å². The van der Waals surface area contributed by atoms with Crippen LogP contribution in [0, 0.1) is 11.3 Å². The molecule has 0 saturated heterocycles. The Hall–Kier alpha value is -2.51. The van der Waals surface area contributed by atoms with E-state index in [1.807, 2.05) is 60.9 Å². The van der Waals surface area contributed by atoms with Crippen molar-refractivity contribution in [2.24, 2.45) is 0 Å². The van der Waals surface area contributed by atoms with Crippen LogP contribution < -0.4 is 5.32 Å². The predicted molar refractivity (Wildman–Crippen MR) is 88.0 cm³/mol. The molecule has 3 rings (SSSR count). The third kappa shape index (κ3) is 2.83. The third-order valence-electron chi connectivity index (χ3n) is 3.20. The van der Waals surface area contributed by atoms with E-state index in [2.05, 4.69) is 16.4 Å². The number of thioether (sulfide) groups is 1. The molecule has 0 atom stereocenters. The number of benzene rings is 2. The Bertz CT molecular complexity index is 820. The maximum absolute atomic E-state index is 9.30. The summed E-state index contributed by atoms with van der Waals surface area (Å²) in [6.07, 6.45) is 2.04. The summed E-state index contributed by atoms with van der Waals surface area (Å²) in [5, 5.41) is 13.5. The number of hydrogen-bond acceptors (Lipinski definition) is 4. The van der Waals surface area contributed by atoms with Gasteiger partial charge in [-0.2, -0.15) is 5.26 Å². The van der Waals surface area contributed by atoms with Gasteiger partial charge in [-0.05, 0) is 42.7 Å². The van der Waals surface area contributed by atoms with Crippen LogP contribution in [0.4, 0.5) is 11.5 Å². The van der Waals surface area contributed by atoms with Gasteiger partial charge in [-0.3, -0.25) is 0 Å². The fourth-order valence-corrected chi connectivity index (χ4v) is 2.52. The first-order chi connectivity index (χ1) is 10.3. The summed E-state index contributed by atoms with van der Waals surface area (Å²) >= 11 is 1.70. The number of anilines is 2. The van der Waals surface area contributed by atoms with E-state index in [1.165, 1.54) is 4.90 Å². The third-order valence-corrected chi connectivity index (χ3v) is 3.94. The highest BCUT2D eigenvalue weighted by molar-refractivity contribution is 7.98. The van der Waals surface area contributed by atoms with Gasteiger partial charge in [0.25, 0.3) is 0 Å². The topological polar surface area (TPSA) is 48.7 Å². The van der Waals surface area contributed by atoms with Crippen LogP contribution in [0.25, 0.3) is 10.9 Å². The van der Waals surface area contributed by atoms with Gasteiger partial charge in [0, 0.05) is 16.0 Å². The molecule has 0 bridgehead atoms. The van der Waals surface area contributed by atoms with Gasteiger partial charge in [-0.15, -0.1) is 11.8 Å². The Morgan fingerprint density at radius 3 is 2.57 bits per heavy atom. The molecule has 0 aliphatic heterocycles. The van der Waals surface area contributed by atoms with Crippen LogP contribution in [-0.4, -0.2) is 11.2 Å². The van der Waals surface area contributed by atoms with E-state index >= 15 is 0 Å². The van der Waals surface area contributed by atoms with Crippen molar-refractivity contribution < 1.29 is 0 Å². The minimum atomic E-state index is 0.544. The van der Waals surface area contributed by atoms with Gasteiger partial charge in [0.15, 0.2) is 0 Å². The number of hydrogen-bond donors (Lipinski definition) is 1. The smallest absolute Gasteiger partial charge is 0.149 e. The number of nitrogens with zero attached hydrogens (tertiary/aromatic N) is 2. The summed E-state index contributed by atoms with van der Waals surface area (Å²) in [6, 6.07) is 19.9. The monoisotopic (exact) mass is 291 g/mol. The van der Waals surface area contributed by atoms with Crippen molar-refractivity contribution in [2.45, 2.75) is 4.90 Å². The van der Waals surface area contributed by atoms with Gasteiger partial charge < -0.3 is 5.32 Å². The normalized spacial score (nSPS) is 10.3. The summed E-state index contributed by atoms with van der Waals surface area (Å²) in [6.45, 7) is 0. The predicted octanol–water partition coefficient (Wildman–Crippen LogP) is 4.57. The molecule has 0 saturated carbocycles. The number of rotatable bonds is 3. The lowest BCUT2D eigenvalue weighted by molar-refractivity contribution is 1.33. The fraction of sp³-hybridized carbons (Fsp3) is 0.0588. The molecule has 0 unspecified atom stereocenters. The maximum Gasteiger partial charge on any atom is 0.149 e. The molecule has 0 amide bonds. The van der Waals surface area contributed by atoms with E-state index in [0.29, 0.717) is 11.4 Å². The van der Waals surface area contributed by atoms with Crippen LogP contribution in [0.15, 0.2) is 59.5 Å². The summed E-state index contributed by atoms with van der Waals surface area (Å²) in [5.74, 6) is 0.591. The molecule has 3 nitrogen and oxygen atoms in total. The average molecular weight is 291 g/mol. The van der Waals surface area contributed by atoms with E-state index in [1.54, 1.807) is 11.8 Å². The Labute approximate surface area is 127 Å². The highest BCUT2D eigenvalue weighted by Gasteiger charge is 2.06. The molecular weight excluding hydrogens is 278 g/mol. The van der Waals surface area contributed by atoms with Crippen molar-refractivity contribution in [1.82, 2.24) is 4.98 Å². The van der Waals surface area contributed by atoms with Gasteiger partial charge in [0.05, 0.1) is 11.1 Å². The molecule has 0 spiro atoms. The van der Waals surface area contributed by atoms with E-state index in [4.69, 9.17) is 0 Å². The molecule has 1 N–H and O–H groups in total. The van der Waals surface area contributed by atoms with Crippen molar-refractivity contribution >= 4 is 34.2 Å². The molecule has 21 heavy (non-hydrogen) atoms. The highest BCUT2D eigenvalue weighted by atomic mass is 32.2. The van der Waals surface area contributed by atoms with E-state index in [0.717, 1.165) is 16.6 Å². The molecule has 0 fully saturated rings. The molecule has 1 aromatic heterocycles. The van der Waals surface area contributed by atoms with Gasteiger partial charge >= 0.3 is 0 Å². The van der Waals surface area contributed by atoms with Gasteiger partial charge in [-0.1, -0.05) is 18.2 Å². The first-order valence-electron chi connectivity index (χ1n) is 6.51. The number of para-hydroxylation sites is 1. The quantitative estimate of drug-likeness (QED) is 0.718. The Morgan fingerprint density at radius 1 is 1.10 bits per heavy atom. The van der Waals surface area contributed by atoms with E-state index in [-0.39, 0.29) is 0 Å². The molecule has 0 aliphatic rings. The minimum absolute atomic E-state index is 0.544. The van der Waals surface area contributed by atoms with Gasteiger partial charge in [-0.25, -0.2) is 4.98 Å². The maximum atomic E-state index is 9.30. The molecule has 102 valence electrons. The van der Waals surface area contributed by atoms with Gasteiger partial charge in [0.2, 0.25) is 0 Å². The average Bonchev–Trinajstić information content (AvgIpc) is 2.55. The number of aromatic nitrogens is 1. The molecular formula is C17H13N3S. The summed E-state index contributed by atoms with van der Waals surface area (Å²) in [7, 11) is 0. The van der Waals surface area contributed by atoms with Crippen LogP contribution in [0.1, 0.15) is 5.56 Å². The lowest BCUT2D eigenvalue weighted by atomic mass is 10.1. The summed E-state index contributed by atoms with van der Waals surface area (Å²) in [4.78, 5) is 5.75. The Morgan fingerprint density at radius 2 is 1.86 bits per heavy atom. The molecule has 1 heterocycles. The molecule has 0 aliphatic carbocycles. The fourth-order valence-electron chi connectivity index (χ4n) is 2.11. The van der Waals surface area contributed by atoms with E-state index in [9.17, 15) is 5.26 Å². The zero-order valence-electron chi connectivity index (χ0n) is 11.5. The number of fused-ring (bicyclic) bond motifs is 1. The lowest BCUT2D eigenvalue weighted by Gasteiger charge is -2.09. The standard InChI is InChI=1S/C17H13N3S/c1-21-15-8-6-14(7-9-15)19-17-13(11-18)10-12-4-2-3-5-16(12)20-17/h2-10H,1H3,(H,19,20). The first kappa shape index (κ1) is 13.5. The molecule has 2 aromatic carbocycles. The second-order valence-electron chi connectivity index (χ2n) is 4.54. The van der Waals surface area contributed by atoms with Crippen LogP contribution in [0.2, 0.25) is 0 Å². The molecule has 3 aromatic rings. The van der Waals surface area contributed by atoms with Crippen molar-refractivity contribution in [3.63, 3.8) is 0 Å². The summed E-state index contributed by atoms with van der Waals surface area (Å²) < 4.78 is 0. The van der Waals surface area contributed by atoms with Crippen LogP contribution in [0.5, 0.6) is 0 Å². The zero-order valence-corrected chi connectivity index (χ0v) is 12.3. The lowest BCUT2D eigenvalue weighted by Crippen LogP contribution is -1.97. The van der Waals surface area contributed by atoms with Gasteiger partial charge in [0.1, 0.15) is 11.9 Å². The largest absolute Gasteiger partial charge is 0.339 e. The SMILES string of the molecule is CSc1ccc(Nc2nc3ccccc3cc2C#N)cc1.